The highest BCUT2D eigenvalue weighted by molar-refractivity contribution is 7.99. The minimum atomic E-state index is -0.358. The Morgan fingerprint density at radius 2 is 1.95 bits per heavy atom. The van der Waals surface area contributed by atoms with Gasteiger partial charge in [-0.3, -0.25) is 0 Å². The van der Waals surface area contributed by atoms with Gasteiger partial charge < -0.3 is 4.74 Å². The van der Waals surface area contributed by atoms with Gasteiger partial charge in [-0.1, -0.05) is 41.4 Å². The number of esters is 1. The number of allylic oxidation sites excluding steroid dienone is 1. The smallest absolute Gasteiger partial charge is 0.331 e. The molecule has 0 fully saturated rings. The molecule has 1 rings (SSSR count). The maximum atomic E-state index is 11.0. The number of ether oxygens (including phenoxy) is 1. The fourth-order valence-electron chi connectivity index (χ4n) is 1.33. The summed E-state index contributed by atoms with van der Waals surface area (Å²) in [7, 11) is 0. The number of aryl methyl sites for hydroxylation is 1. The molecule has 21 heavy (non-hydrogen) atoms. The average molecular weight is 298 g/mol. The topological polar surface area (TPSA) is 26.3 Å². The first-order chi connectivity index (χ1) is 10.2. The number of hydrogen-bond donors (Lipinski definition) is 0. The number of carbonyl (C=O) groups is 1. The Balaban J connectivity index is 2.21. The minimum absolute atomic E-state index is 0.358. The van der Waals surface area contributed by atoms with Gasteiger partial charge in [-0.15, -0.1) is 11.8 Å². The molecule has 0 radical (unpaired) electrons. The molecule has 0 aliphatic rings. The van der Waals surface area contributed by atoms with Crippen molar-refractivity contribution in [2.24, 2.45) is 0 Å². The van der Waals surface area contributed by atoms with Gasteiger partial charge >= 0.3 is 5.97 Å². The van der Waals surface area contributed by atoms with E-state index in [1.54, 1.807) is 18.7 Å². The molecule has 0 aliphatic carbocycles. The Bertz CT molecular complexity index is 592. The fourth-order valence-corrected chi connectivity index (χ4v) is 1.79. The van der Waals surface area contributed by atoms with E-state index in [-0.39, 0.29) is 5.97 Å². The zero-order valence-electron chi connectivity index (χ0n) is 12.3. The van der Waals surface area contributed by atoms with Gasteiger partial charge in [0.25, 0.3) is 0 Å². The molecule has 2 nitrogen and oxygen atoms in total. The Morgan fingerprint density at radius 1 is 1.24 bits per heavy atom. The van der Waals surface area contributed by atoms with Crippen LogP contribution < -0.4 is 0 Å². The molecular weight excluding hydrogens is 280 g/mol. The first-order valence-corrected chi connectivity index (χ1v) is 7.83. The summed E-state index contributed by atoms with van der Waals surface area (Å²) in [5, 5.41) is 0. The van der Waals surface area contributed by atoms with E-state index in [9.17, 15) is 4.79 Å². The second-order valence-corrected chi connectivity index (χ2v) is 5.05. The van der Waals surface area contributed by atoms with Crippen LogP contribution in [0, 0.1) is 30.6 Å². The minimum Gasteiger partial charge on any atom is -0.463 e. The average Bonchev–Trinajstić information content (AvgIpc) is 2.47. The molecule has 3 heteroatoms. The molecular formula is C18H18O2S. The summed E-state index contributed by atoms with van der Waals surface area (Å²) in [6.07, 6.45) is 2.84. The summed E-state index contributed by atoms with van der Waals surface area (Å²) >= 11 is 1.65. The maximum Gasteiger partial charge on any atom is 0.331 e. The van der Waals surface area contributed by atoms with Crippen molar-refractivity contribution < 1.29 is 9.53 Å². The lowest BCUT2D eigenvalue weighted by Gasteiger charge is -1.92. The van der Waals surface area contributed by atoms with Crippen LogP contribution in [0.4, 0.5) is 0 Å². The third-order valence-electron chi connectivity index (χ3n) is 2.32. The zero-order valence-corrected chi connectivity index (χ0v) is 13.1. The molecule has 0 bridgehead atoms. The van der Waals surface area contributed by atoms with Crippen molar-refractivity contribution in [3.8, 4) is 23.7 Å². The van der Waals surface area contributed by atoms with E-state index >= 15 is 0 Å². The lowest BCUT2D eigenvalue weighted by Crippen LogP contribution is -1.98. The molecule has 0 spiro atoms. The van der Waals surface area contributed by atoms with Crippen LogP contribution in [-0.2, 0) is 9.53 Å². The van der Waals surface area contributed by atoms with Crippen LogP contribution in [0.2, 0.25) is 0 Å². The Morgan fingerprint density at radius 3 is 2.67 bits per heavy atom. The van der Waals surface area contributed by atoms with Crippen LogP contribution in [0.25, 0.3) is 0 Å². The Hall–Kier alpha value is -2.10. The first-order valence-electron chi connectivity index (χ1n) is 6.67. The Kier molecular flexibility index (Phi) is 8.61. The highest BCUT2D eigenvalue weighted by Crippen LogP contribution is 2.01. The standard InChI is InChI=1S/C18H18O2S/c1-3-20-18(19)9-5-4-6-14-21-15-7-8-17-12-10-16(2)11-13-17/h5,9-13H,3,14-15H2,1-2H3/b9-5+. The van der Waals surface area contributed by atoms with Crippen molar-refractivity contribution in [1.29, 1.82) is 0 Å². The van der Waals surface area contributed by atoms with E-state index < -0.39 is 0 Å². The van der Waals surface area contributed by atoms with Gasteiger partial charge in [0.05, 0.1) is 18.1 Å². The molecule has 0 aliphatic heterocycles. The summed E-state index contributed by atoms with van der Waals surface area (Å²) in [6, 6.07) is 8.15. The molecule has 0 saturated heterocycles. The quantitative estimate of drug-likeness (QED) is 0.369. The van der Waals surface area contributed by atoms with Crippen molar-refractivity contribution >= 4 is 17.7 Å². The van der Waals surface area contributed by atoms with E-state index in [0.717, 1.165) is 11.3 Å². The van der Waals surface area contributed by atoms with Crippen molar-refractivity contribution in [2.45, 2.75) is 13.8 Å². The van der Waals surface area contributed by atoms with Gasteiger partial charge in [0, 0.05) is 11.6 Å². The summed E-state index contributed by atoms with van der Waals surface area (Å²) in [6.45, 7) is 4.21. The van der Waals surface area contributed by atoms with Crippen molar-refractivity contribution in [3.05, 3.63) is 47.5 Å². The van der Waals surface area contributed by atoms with Gasteiger partial charge in [-0.25, -0.2) is 4.79 Å². The zero-order chi connectivity index (χ0) is 15.3. The highest BCUT2D eigenvalue weighted by Gasteiger charge is 1.90. The predicted octanol–water partition coefficient (Wildman–Crippen LogP) is 3.20. The van der Waals surface area contributed by atoms with Crippen LogP contribution in [-0.4, -0.2) is 24.1 Å². The van der Waals surface area contributed by atoms with Crippen LogP contribution >= 0.6 is 11.8 Å². The van der Waals surface area contributed by atoms with Crippen molar-refractivity contribution in [3.63, 3.8) is 0 Å². The van der Waals surface area contributed by atoms with Crippen LogP contribution in [0.5, 0.6) is 0 Å². The van der Waals surface area contributed by atoms with Crippen LogP contribution in [0.3, 0.4) is 0 Å². The second-order valence-electron chi connectivity index (χ2n) is 4.07. The monoisotopic (exact) mass is 298 g/mol. The molecule has 0 unspecified atom stereocenters. The molecule has 1 aromatic rings. The van der Waals surface area contributed by atoms with Crippen molar-refractivity contribution in [1.82, 2.24) is 0 Å². The lowest BCUT2D eigenvalue weighted by molar-refractivity contribution is -0.137. The summed E-state index contributed by atoms with van der Waals surface area (Å²) in [5.74, 6) is 13.0. The van der Waals surface area contributed by atoms with E-state index in [4.69, 9.17) is 4.74 Å². The van der Waals surface area contributed by atoms with Gasteiger partial charge in [0.1, 0.15) is 0 Å². The Labute approximate surface area is 131 Å². The van der Waals surface area contributed by atoms with Gasteiger partial charge in [-0.2, -0.15) is 0 Å². The van der Waals surface area contributed by atoms with E-state index in [1.807, 2.05) is 12.1 Å². The fraction of sp³-hybridized carbons (Fsp3) is 0.278. The number of rotatable bonds is 4. The number of benzene rings is 1. The predicted molar refractivity (Wildman–Crippen MR) is 88.9 cm³/mol. The van der Waals surface area contributed by atoms with Crippen molar-refractivity contribution in [2.75, 3.05) is 18.1 Å². The SMILES string of the molecule is CCOC(=O)/C=C/C#CCSCC#Cc1ccc(C)cc1. The van der Waals surface area contributed by atoms with E-state index in [1.165, 1.54) is 17.7 Å². The van der Waals surface area contributed by atoms with Crippen LogP contribution in [0.1, 0.15) is 18.1 Å². The molecule has 0 heterocycles. The number of carbonyl (C=O) groups excluding carboxylic acids is 1. The molecule has 0 amide bonds. The lowest BCUT2D eigenvalue weighted by atomic mass is 10.2. The molecule has 0 aromatic heterocycles. The molecule has 0 saturated carbocycles. The van der Waals surface area contributed by atoms with Crippen LogP contribution in [0.15, 0.2) is 36.4 Å². The largest absolute Gasteiger partial charge is 0.463 e. The van der Waals surface area contributed by atoms with Gasteiger partial charge in [-0.05, 0) is 32.1 Å². The first kappa shape index (κ1) is 17.0. The van der Waals surface area contributed by atoms with E-state index in [0.29, 0.717) is 12.4 Å². The third kappa shape index (κ3) is 8.63. The summed E-state index contributed by atoms with van der Waals surface area (Å²) < 4.78 is 4.73. The normalized spacial score (nSPS) is 9.43. The number of hydrogen-bond acceptors (Lipinski definition) is 3. The molecule has 0 atom stereocenters. The summed E-state index contributed by atoms with van der Waals surface area (Å²) in [5.41, 5.74) is 2.27. The van der Waals surface area contributed by atoms with Gasteiger partial charge in [0.2, 0.25) is 0 Å². The van der Waals surface area contributed by atoms with E-state index in [2.05, 4.69) is 42.7 Å². The second kappa shape index (κ2) is 10.7. The summed E-state index contributed by atoms with van der Waals surface area (Å²) in [4.78, 5) is 11.0. The molecule has 0 N–H and O–H groups in total. The third-order valence-corrected chi connectivity index (χ3v) is 3.02. The maximum absolute atomic E-state index is 11.0. The molecule has 1 aromatic carbocycles. The number of thioether (sulfide) groups is 1. The highest BCUT2D eigenvalue weighted by atomic mass is 32.2. The van der Waals surface area contributed by atoms with Gasteiger partial charge in [0.15, 0.2) is 0 Å². The molecule has 108 valence electrons.